The van der Waals surface area contributed by atoms with Gasteiger partial charge in [-0.25, -0.2) is 4.79 Å². The lowest BCUT2D eigenvalue weighted by Crippen LogP contribution is -2.02. The number of benzene rings is 1. The summed E-state index contributed by atoms with van der Waals surface area (Å²) in [4.78, 5) is 23.0. The number of nitro benzene ring substituents is 1. The molecule has 0 amide bonds. The molecule has 2 rings (SSSR count). The number of carbonyl (C=O) groups is 1. The van der Waals surface area contributed by atoms with Crippen LogP contribution in [0.5, 0.6) is 0 Å². The van der Waals surface area contributed by atoms with Crippen molar-refractivity contribution in [2.75, 3.05) is 12.4 Å². The number of nitrogens with zero attached hydrogens (tertiary/aromatic N) is 1. The van der Waals surface area contributed by atoms with Gasteiger partial charge in [-0.3, -0.25) is 10.1 Å². The van der Waals surface area contributed by atoms with Crippen molar-refractivity contribution in [1.29, 1.82) is 0 Å². The van der Waals surface area contributed by atoms with Gasteiger partial charge in [0.15, 0.2) is 0 Å². The number of nitro groups is 1. The summed E-state index contributed by atoms with van der Waals surface area (Å²) in [5.41, 5.74) is 2.12. The van der Waals surface area contributed by atoms with Crippen molar-refractivity contribution in [2.24, 2.45) is 0 Å². The van der Waals surface area contributed by atoms with Crippen molar-refractivity contribution in [3.05, 3.63) is 61.8 Å². The fourth-order valence-electron chi connectivity index (χ4n) is 1.95. The summed E-state index contributed by atoms with van der Waals surface area (Å²) < 4.78 is 4.49. The minimum Gasteiger partial charge on any atom is -0.466 e. The molecule has 0 radical (unpaired) electrons. The molecule has 120 valence electrons. The number of aryl methyl sites for hydroxylation is 1. The Morgan fingerprint density at radius 1 is 1.43 bits per heavy atom. The molecule has 0 aliphatic heterocycles. The van der Waals surface area contributed by atoms with Crippen LogP contribution < -0.4 is 5.32 Å². The minimum atomic E-state index is -0.511. The molecule has 0 bridgehead atoms. The van der Waals surface area contributed by atoms with Crippen LogP contribution in [0, 0.1) is 17.0 Å². The maximum atomic E-state index is 11.2. The molecule has 1 aromatic heterocycles. The summed E-state index contributed by atoms with van der Waals surface area (Å²) in [7, 11) is 1.27. The second-order valence-electron chi connectivity index (χ2n) is 4.77. The molecule has 0 aliphatic carbocycles. The van der Waals surface area contributed by atoms with Crippen LogP contribution in [-0.4, -0.2) is 18.0 Å². The summed E-state index contributed by atoms with van der Waals surface area (Å²) in [6, 6.07) is 6.77. The number of hydrogen-bond donors (Lipinski definition) is 1. The van der Waals surface area contributed by atoms with E-state index in [4.69, 9.17) is 0 Å². The molecule has 1 heterocycles. The Hall–Kier alpha value is -2.67. The van der Waals surface area contributed by atoms with Crippen molar-refractivity contribution in [1.82, 2.24) is 0 Å². The van der Waals surface area contributed by atoms with Crippen LogP contribution in [0.1, 0.15) is 16.0 Å². The number of methoxy groups -OCH3 is 1. The lowest BCUT2D eigenvalue weighted by molar-refractivity contribution is -0.384. The van der Waals surface area contributed by atoms with Crippen LogP contribution in [0.3, 0.4) is 0 Å². The Morgan fingerprint density at radius 2 is 2.22 bits per heavy atom. The second kappa shape index (κ2) is 7.55. The van der Waals surface area contributed by atoms with Gasteiger partial charge in [-0.15, -0.1) is 11.3 Å². The van der Waals surface area contributed by atoms with Gasteiger partial charge in [0.1, 0.15) is 5.69 Å². The van der Waals surface area contributed by atoms with Crippen molar-refractivity contribution in [3.63, 3.8) is 0 Å². The first kappa shape index (κ1) is 16.7. The second-order valence-corrected chi connectivity index (χ2v) is 5.77. The predicted molar refractivity (Wildman–Crippen MR) is 90.5 cm³/mol. The quantitative estimate of drug-likeness (QED) is 0.377. The van der Waals surface area contributed by atoms with Crippen LogP contribution in [0.4, 0.5) is 11.4 Å². The van der Waals surface area contributed by atoms with Crippen molar-refractivity contribution in [2.45, 2.75) is 13.5 Å². The number of esters is 1. The summed E-state index contributed by atoms with van der Waals surface area (Å²) in [5, 5.41) is 16.3. The summed E-state index contributed by atoms with van der Waals surface area (Å²) >= 11 is 1.61. The van der Waals surface area contributed by atoms with Gasteiger partial charge in [-0.05, 0) is 41.6 Å². The first-order valence-corrected chi connectivity index (χ1v) is 7.70. The molecular formula is C16H16N2O4S. The van der Waals surface area contributed by atoms with Gasteiger partial charge in [0, 0.05) is 23.6 Å². The van der Waals surface area contributed by atoms with Crippen LogP contribution in [-0.2, 0) is 16.1 Å². The number of nitrogens with one attached hydrogen (secondary N) is 1. The smallest absolute Gasteiger partial charge is 0.330 e. The van der Waals surface area contributed by atoms with Gasteiger partial charge < -0.3 is 10.1 Å². The highest BCUT2D eigenvalue weighted by Gasteiger charge is 2.14. The average Bonchev–Trinajstić information content (AvgIpc) is 2.95. The zero-order chi connectivity index (χ0) is 16.8. The lowest BCUT2D eigenvalue weighted by atomic mass is 10.1. The molecule has 0 saturated carbocycles. The van der Waals surface area contributed by atoms with E-state index in [1.165, 1.54) is 25.3 Å². The monoisotopic (exact) mass is 332 g/mol. The number of hydrogen-bond acceptors (Lipinski definition) is 6. The molecule has 0 spiro atoms. The van der Waals surface area contributed by atoms with Gasteiger partial charge in [-0.1, -0.05) is 6.07 Å². The Bertz CT molecular complexity index is 752. The summed E-state index contributed by atoms with van der Waals surface area (Å²) in [5.74, 6) is -0.511. The Kier molecular flexibility index (Phi) is 5.48. The van der Waals surface area contributed by atoms with E-state index in [0.29, 0.717) is 17.8 Å². The van der Waals surface area contributed by atoms with Crippen LogP contribution in [0.25, 0.3) is 6.08 Å². The largest absolute Gasteiger partial charge is 0.466 e. The van der Waals surface area contributed by atoms with E-state index in [1.54, 1.807) is 23.5 Å². The lowest BCUT2D eigenvalue weighted by Gasteiger charge is -2.07. The molecule has 0 fully saturated rings. The third-order valence-electron chi connectivity index (χ3n) is 3.24. The van der Waals surface area contributed by atoms with Gasteiger partial charge >= 0.3 is 5.97 Å². The zero-order valence-corrected chi connectivity index (χ0v) is 13.6. The topological polar surface area (TPSA) is 81.5 Å². The number of anilines is 1. The van der Waals surface area contributed by atoms with Crippen molar-refractivity contribution in [3.8, 4) is 0 Å². The maximum absolute atomic E-state index is 11.2. The zero-order valence-electron chi connectivity index (χ0n) is 12.7. The van der Waals surface area contributed by atoms with E-state index >= 15 is 0 Å². The normalized spacial score (nSPS) is 10.7. The highest BCUT2D eigenvalue weighted by molar-refractivity contribution is 7.10. The Labute approximate surface area is 137 Å². The first-order valence-electron chi connectivity index (χ1n) is 6.82. The fourth-order valence-corrected chi connectivity index (χ4v) is 2.79. The molecule has 7 heteroatoms. The predicted octanol–water partition coefficient (Wildman–Crippen LogP) is 3.76. The van der Waals surface area contributed by atoms with E-state index in [-0.39, 0.29) is 5.69 Å². The van der Waals surface area contributed by atoms with Crippen LogP contribution in [0.15, 0.2) is 35.7 Å². The Morgan fingerprint density at radius 3 is 2.83 bits per heavy atom. The number of thiophene rings is 1. The average molecular weight is 332 g/mol. The Balaban J connectivity index is 2.19. The van der Waals surface area contributed by atoms with E-state index in [9.17, 15) is 14.9 Å². The molecular weight excluding hydrogens is 316 g/mol. The van der Waals surface area contributed by atoms with Gasteiger partial charge in [0.25, 0.3) is 5.69 Å². The van der Waals surface area contributed by atoms with Crippen LogP contribution in [0.2, 0.25) is 0 Å². The molecule has 23 heavy (non-hydrogen) atoms. The molecule has 0 unspecified atom stereocenters. The van der Waals surface area contributed by atoms with Gasteiger partial charge in [0.2, 0.25) is 0 Å². The maximum Gasteiger partial charge on any atom is 0.330 e. The van der Waals surface area contributed by atoms with Gasteiger partial charge in [0.05, 0.1) is 12.0 Å². The van der Waals surface area contributed by atoms with Crippen LogP contribution >= 0.6 is 11.3 Å². The van der Waals surface area contributed by atoms with Crippen molar-refractivity contribution < 1.29 is 14.5 Å². The highest BCUT2D eigenvalue weighted by atomic mass is 32.1. The molecule has 1 aromatic carbocycles. The number of carbonyl (C=O) groups excluding carboxylic acids is 1. The number of rotatable bonds is 6. The minimum absolute atomic E-state index is 0.0359. The first-order chi connectivity index (χ1) is 11.0. The number of ether oxygens (including phenoxy) is 1. The standard InChI is InChI=1S/C16H16N2O4S/c1-11-7-8-23-15(11)10-17-13-5-3-12(4-6-16(19)22-2)9-14(13)18(20)21/h3-9,17H,10H2,1-2H3/b6-4-. The highest BCUT2D eigenvalue weighted by Crippen LogP contribution is 2.27. The third-order valence-corrected chi connectivity index (χ3v) is 4.26. The molecule has 0 atom stereocenters. The summed E-state index contributed by atoms with van der Waals surface area (Å²) in [6.45, 7) is 2.53. The van der Waals surface area contributed by atoms with E-state index in [1.807, 2.05) is 18.4 Å². The van der Waals surface area contributed by atoms with Crippen molar-refractivity contribution >= 4 is 34.8 Å². The van der Waals surface area contributed by atoms with E-state index < -0.39 is 10.9 Å². The summed E-state index contributed by atoms with van der Waals surface area (Å²) in [6.07, 6.45) is 2.70. The van der Waals surface area contributed by atoms with E-state index in [0.717, 1.165) is 10.4 Å². The molecule has 0 aliphatic rings. The molecule has 6 nitrogen and oxygen atoms in total. The SMILES string of the molecule is COC(=O)/C=C\c1ccc(NCc2sccc2C)c([N+](=O)[O-])c1. The third kappa shape index (κ3) is 4.40. The molecule has 2 aromatic rings. The van der Waals surface area contributed by atoms with Gasteiger partial charge in [-0.2, -0.15) is 0 Å². The van der Waals surface area contributed by atoms with E-state index in [2.05, 4.69) is 10.1 Å². The fraction of sp³-hybridized carbons (Fsp3) is 0.188. The molecule has 0 saturated heterocycles. The molecule has 1 N–H and O–H groups in total.